The molecular weight excluding hydrogens is 953 g/mol. The zero-order chi connectivity index (χ0) is 48.5. The summed E-state index contributed by atoms with van der Waals surface area (Å²) in [5.41, 5.74) is 0.270. The number of sulfone groups is 1. The van der Waals surface area contributed by atoms with Gasteiger partial charge in [0, 0.05) is 91.5 Å². The van der Waals surface area contributed by atoms with Crippen LogP contribution in [-0.4, -0.2) is 109 Å². The zero-order valence-electron chi connectivity index (χ0n) is 38.2. The molecule has 2 aliphatic heterocycles. The number of alkyl halides is 3. The number of nitrogens with zero attached hydrogens (tertiary/aromatic N) is 4. The van der Waals surface area contributed by atoms with Crippen molar-refractivity contribution < 1.29 is 34.7 Å². The molecule has 18 heteroatoms. The quantitative estimate of drug-likeness (QED) is 0.0526. The van der Waals surface area contributed by atoms with E-state index in [9.17, 15) is 30.0 Å². The molecular formula is C50H56ClF3N6O5S3. The highest BCUT2D eigenvalue weighted by atomic mass is 35.5. The molecule has 5 aromatic carbocycles. The predicted octanol–water partition coefficient (Wildman–Crippen LogP) is 9.88. The number of ether oxygens (including phenoxy) is 1. The van der Waals surface area contributed by atoms with E-state index in [-0.39, 0.29) is 11.5 Å². The first-order valence-electron chi connectivity index (χ1n) is 22.3. The average molecular weight is 1010 g/mol. The third kappa shape index (κ3) is 13.3. The number of benzene rings is 5. The van der Waals surface area contributed by atoms with Gasteiger partial charge in [0.25, 0.3) is 19.9 Å². The van der Waals surface area contributed by atoms with Gasteiger partial charge in [0.15, 0.2) is 5.84 Å². The van der Waals surface area contributed by atoms with Gasteiger partial charge >= 0.3 is 5.51 Å². The van der Waals surface area contributed by atoms with Crippen LogP contribution in [0.2, 0.25) is 5.02 Å². The van der Waals surface area contributed by atoms with Crippen LogP contribution in [0.3, 0.4) is 0 Å². The molecule has 11 nitrogen and oxygen atoms in total. The first-order valence-corrected chi connectivity index (χ1v) is 26.6. The van der Waals surface area contributed by atoms with Gasteiger partial charge in [0.1, 0.15) is 4.90 Å². The van der Waals surface area contributed by atoms with Crippen LogP contribution in [0.1, 0.15) is 37.0 Å². The Morgan fingerprint density at radius 1 is 0.838 bits per heavy atom. The maximum absolute atomic E-state index is 14.4. The Morgan fingerprint density at radius 3 is 2.21 bits per heavy atom. The van der Waals surface area contributed by atoms with E-state index in [0.29, 0.717) is 67.2 Å². The summed E-state index contributed by atoms with van der Waals surface area (Å²) in [5.74, 6) is 0.307. The topological polar surface area (TPSA) is 124 Å². The van der Waals surface area contributed by atoms with Crippen molar-refractivity contribution in [3.63, 3.8) is 0 Å². The second-order valence-electron chi connectivity index (χ2n) is 17.0. The van der Waals surface area contributed by atoms with E-state index in [2.05, 4.69) is 41.9 Å². The molecule has 0 amide bonds. The van der Waals surface area contributed by atoms with Gasteiger partial charge in [0.05, 0.1) is 23.8 Å². The van der Waals surface area contributed by atoms with E-state index < -0.39 is 41.2 Å². The van der Waals surface area contributed by atoms with Gasteiger partial charge < -0.3 is 20.3 Å². The standard InChI is InChI=1S/C50H56ClF3N6O5S3/c1-36(2)33-55-49(45-19-17-42(31-37(45)3)60-25-23-59(24-26-60)34-39-9-7-8-12-46(39)38-13-15-40(51)16-14-38)57-68(63,64)44-18-20-47(48(32-44)67(61,62)50(52,53)54)56-41(21-22-58-27-29-65-30-28-58)35-66-43-10-5-4-6-11-43/h4-20,31-33,41,56H,21-30,34-35H2,1-3H3,(H,55,57). The summed E-state index contributed by atoms with van der Waals surface area (Å²) >= 11 is 7.63. The van der Waals surface area contributed by atoms with E-state index in [4.69, 9.17) is 16.3 Å². The number of nitrogens with one attached hydrogen (secondary N) is 2. The average Bonchev–Trinajstić information content (AvgIpc) is 3.32. The Bertz CT molecular complexity index is 2800. The van der Waals surface area contributed by atoms with Crippen molar-refractivity contribution in [2.75, 3.05) is 75.0 Å². The molecule has 0 radical (unpaired) electrons. The van der Waals surface area contributed by atoms with Crippen LogP contribution in [0, 0.1) is 6.92 Å². The Kier molecular flexibility index (Phi) is 17.0. The third-order valence-corrected chi connectivity index (χ3v) is 16.0. The zero-order valence-corrected chi connectivity index (χ0v) is 41.4. The van der Waals surface area contributed by atoms with Crippen molar-refractivity contribution in [2.24, 2.45) is 4.40 Å². The van der Waals surface area contributed by atoms with Crippen LogP contribution >= 0.6 is 23.4 Å². The van der Waals surface area contributed by atoms with Gasteiger partial charge in [-0.2, -0.15) is 21.6 Å². The van der Waals surface area contributed by atoms with Gasteiger partial charge in [-0.05, 0) is 110 Å². The number of halogens is 4. The van der Waals surface area contributed by atoms with E-state index in [1.807, 2.05) is 85.8 Å². The smallest absolute Gasteiger partial charge is 0.380 e. The predicted molar refractivity (Wildman–Crippen MR) is 268 cm³/mol. The summed E-state index contributed by atoms with van der Waals surface area (Å²) in [6.45, 7) is 12.4. The highest BCUT2D eigenvalue weighted by Crippen LogP contribution is 2.37. The second-order valence-corrected chi connectivity index (χ2v) is 22.1. The Balaban J connectivity index is 1.12. The number of rotatable bonds is 17. The summed E-state index contributed by atoms with van der Waals surface area (Å²) in [7, 11) is -10.9. The van der Waals surface area contributed by atoms with E-state index in [1.54, 1.807) is 26.1 Å². The lowest BCUT2D eigenvalue weighted by atomic mass is 9.99. The van der Waals surface area contributed by atoms with Gasteiger partial charge in [-0.15, -0.1) is 16.2 Å². The number of hydrogen-bond donors (Lipinski definition) is 2. The number of piperazine rings is 1. The van der Waals surface area contributed by atoms with E-state index in [1.165, 1.54) is 17.3 Å². The van der Waals surface area contributed by atoms with E-state index >= 15 is 0 Å². The molecule has 2 heterocycles. The molecule has 0 saturated carbocycles. The van der Waals surface area contributed by atoms with Gasteiger partial charge in [-0.25, -0.2) is 8.42 Å². The van der Waals surface area contributed by atoms with Crippen molar-refractivity contribution in [1.29, 1.82) is 0 Å². The van der Waals surface area contributed by atoms with Crippen molar-refractivity contribution in [2.45, 2.75) is 60.0 Å². The fraction of sp³-hybridized carbons (Fsp3) is 0.340. The molecule has 2 N–H and O–H groups in total. The Morgan fingerprint density at radius 2 is 1.53 bits per heavy atom. The lowest BCUT2D eigenvalue weighted by Crippen LogP contribution is -2.46. The third-order valence-electron chi connectivity index (χ3n) is 11.8. The van der Waals surface area contributed by atoms with Crippen molar-refractivity contribution in [3.05, 3.63) is 149 Å². The van der Waals surface area contributed by atoms with Crippen molar-refractivity contribution in [1.82, 2.24) is 15.1 Å². The number of sulfonamides is 1. The van der Waals surface area contributed by atoms with Gasteiger partial charge in [-0.1, -0.05) is 71.8 Å². The molecule has 0 bridgehead atoms. The molecule has 1 atom stereocenters. The molecule has 2 aliphatic rings. The molecule has 0 spiro atoms. The second kappa shape index (κ2) is 22.7. The Labute approximate surface area is 407 Å². The maximum Gasteiger partial charge on any atom is 0.501 e. The number of morpholine rings is 1. The number of amidine groups is 1. The summed E-state index contributed by atoms with van der Waals surface area (Å²) in [6.07, 6.45) is 2.04. The lowest BCUT2D eigenvalue weighted by Gasteiger charge is -2.36. The van der Waals surface area contributed by atoms with Gasteiger partial charge in [0.2, 0.25) is 0 Å². The minimum absolute atomic E-state index is 0.0806. The lowest BCUT2D eigenvalue weighted by molar-refractivity contribution is -0.0435. The molecule has 362 valence electrons. The fourth-order valence-corrected chi connectivity index (χ4v) is 11.2. The minimum atomic E-state index is -6.04. The van der Waals surface area contributed by atoms with Gasteiger partial charge in [-0.3, -0.25) is 9.80 Å². The van der Waals surface area contributed by atoms with E-state index in [0.717, 1.165) is 72.1 Å². The molecule has 2 fully saturated rings. The maximum atomic E-state index is 14.4. The first kappa shape index (κ1) is 51.0. The van der Waals surface area contributed by atoms with Crippen LogP contribution in [0.5, 0.6) is 0 Å². The summed E-state index contributed by atoms with van der Waals surface area (Å²) in [6, 6.07) is 33.5. The number of anilines is 2. The number of aryl methyl sites for hydroxylation is 1. The van der Waals surface area contributed by atoms with Crippen LogP contribution in [0.4, 0.5) is 24.5 Å². The highest BCUT2D eigenvalue weighted by Gasteiger charge is 2.48. The molecule has 7 rings (SSSR count). The molecule has 0 aliphatic carbocycles. The monoisotopic (exact) mass is 1010 g/mol. The molecule has 2 saturated heterocycles. The SMILES string of the molecule is CC(C)=CN/C(=N\S(=O)(=O)c1ccc(NC(CCN2CCOCC2)CSc2ccccc2)c(S(=O)(=O)C(F)(F)F)c1)c1ccc(N2CCN(Cc3ccccc3-c3ccc(Cl)cc3)CC2)cc1C. The number of hydrogen-bond acceptors (Lipinski definition) is 10. The van der Waals surface area contributed by atoms with Crippen molar-refractivity contribution >= 4 is 60.4 Å². The first-order chi connectivity index (χ1) is 32.5. The fourth-order valence-electron chi connectivity index (χ4n) is 8.05. The number of allylic oxidation sites excluding steroid dienone is 1. The van der Waals surface area contributed by atoms with Crippen LogP contribution in [0.15, 0.2) is 146 Å². The molecule has 5 aromatic rings. The van der Waals surface area contributed by atoms with Crippen LogP contribution in [0.25, 0.3) is 11.1 Å². The molecule has 1 unspecified atom stereocenters. The molecule has 68 heavy (non-hydrogen) atoms. The summed E-state index contributed by atoms with van der Waals surface area (Å²) in [5, 5.41) is 6.73. The summed E-state index contributed by atoms with van der Waals surface area (Å²) < 4.78 is 108. The number of thioether (sulfide) groups is 1. The largest absolute Gasteiger partial charge is 0.501 e. The summed E-state index contributed by atoms with van der Waals surface area (Å²) in [4.78, 5) is 5.87. The normalized spacial score (nSPS) is 16.0. The van der Waals surface area contributed by atoms with Crippen molar-refractivity contribution in [3.8, 4) is 11.1 Å². The Hall–Kier alpha value is -4.88. The molecule has 0 aromatic heterocycles. The minimum Gasteiger partial charge on any atom is -0.380 e. The highest BCUT2D eigenvalue weighted by molar-refractivity contribution is 7.99. The van der Waals surface area contributed by atoms with Crippen LogP contribution in [-0.2, 0) is 31.1 Å². The van der Waals surface area contributed by atoms with Crippen LogP contribution < -0.4 is 15.5 Å².